The average Bonchev–Trinajstić information content (AvgIpc) is 2.03. The molecule has 0 aromatic heterocycles. The first-order chi connectivity index (χ1) is 4.93. The van der Waals surface area contributed by atoms with Gasteiger partial charge in [0.05, 0.1) is 0 Å². The molecule has 0 aliphatic heterocycles. The summed E-state index contributed by atoms with van der Waals surface area (Å²) in [5.74, 6) is 0. The van der Waals surface area contributed by atoms with Crippen LogP contribution in [0.25, 0.3) is 10.4 Å². The van der Waals surface area contributed by atoms with Gasteiger partial charge in [0, 0.05) is 0 Å². The zero-order valence-corrected chi connectivity index (χ0v) is 6.75. The van der Waals surface area contributed by atoms with Gasteiger partial charge in [0.1, 0.15) is 15.9 Å². The second-order valence-corrected chi connectivity index (χ2v) is 1.97. The van der Waals surface area contributed by atoms with Gasteiger partial charge in [-0.3, -0.25) is 5.43 Å². The average molecular weight is 197 g/mol. The highest BCUT2D eigenvalue weighted by Crippen LogP contribution is 2.16. The summed E-state index contributed by atoms with van der Waals surface area (Å²) in [5, 5.41) is 0. The minimum atomic E-state index is 0.828. The quantitative estimate of drug-likeness (QED) is 0.615. The highest BCUT2D eigenvalue weighted by Gasteiger charge is 1.77. The van der Waals surface area contributed by atoms with Crippen LogP contribution in [0, 0.1) is 4.98 Å². The summed E-state index contributed by atoms with van der Waals surface area (Å²) in [6.45, 7) is 0. The molecule has 3 heteroatoms. The maximum atomic E-state index is 3.79. The molecule has 10 heavy (non-hydrogen) atoms. The van der Waals surface area contributed by atoms with E-state index < -0.39 is 0 Å². The van der Waals surface area contributed by atoms with Gasteiger partial charge in [0.15, 0.2) is 0 Å². The number of nitrogens with zero attached hydrogens (tertiary/aromatic N) is 2. The van der Waals surface area contributed by atoms with E-state index in [9.17, 15) is 0 Å². The highest BCUT2D eigenvalue weighted by molar-refractivity contribution is 9.12. The molecule has 1 aromatic rings. The Morgan fingerprint density at radius 3 is 2.60 bits per heavy atom. The molecule has 0 saturated carbocycles. The highest BCUT2D eigenvalue weighted by atomic mass is 79.9. The van der Waals surface area contributed by atoms with E-state index in [0.717, 1.165) is 5.69 Å². The van der Waals surface area contributed by atoms with Crippen molar-refractivity contribution in [2.45, 2.75) is 0 Å². The van der Waals surface area contributed by atoms with E-state index in [1.807, 2.05) is 30.3 Å². The van der Waals surface area contributed by atoms with E-state index >= 15 is 0 Å². The maximum absolute atomic E-state index is 3.79. The van der Waals surface area contributed by atoms with Crippen LogP contribution in [0.4, 0.5) is 5.69 Å². The monoisotopic (exact) mass is 196 g/mol. The summed E-state index contributed by atoms with van der Waals surface area (Å²) < 4.78 is 0. The zero-order valence-electron chi connectivity index (χ0n) is 5.16. The van der Waals surface area contributed by atoms with Crippen molar-refractivity contribution in [1.29, 1.82) is 0 Å². The third kappa shape index (κ3) is 2.08. The molecule has 0 N–H and O–H groups in total. The van der Waals surface area contributed by atoms with Gasteiger partial charge in [-0.05, 0) is 0 Å². The van der Waals surface area contributed by atoms with Crippen molar-refractivity contribution in [2.24, 2.45) is 0 Å². The van der Waals surface area contributed by atoms with Crippen LogP contribution in [0.1, 0.15) is 0 Å². The van der Waals surface area contributed by atoms with Gasteiger partial charge in [0.2, 0.25) is 0 Å². The third-order valence-electron chi connectivity index (χ3n) is 0.959. The Morgan fingerprint density at radius 1 is 1.30 bits per heavy atom. The topological polar surface area (TPSA) is 18.5 Å². The molecule has 0 atom stereocenters. The van der Waals surface area contributed by atoms with Crippen LogP contribution in [-0.2, 0) is 0 Å². The van der Waals surface area contributed by atoms with Gasteiger partial charge >= 0.3 is 4.98 Å². The van der Waals surface area contributed by atoms with Gasteiger partial charge in [-0.25, -0.2) is 0 Å². The summed E-state index contributed by atoms with van der Waals surface area (Å²) in [6, 6.07) is 9.48. The molecule has 0 saturated heterocycles. The smallest absolute Gasteiger partial charge is 0.277 e. The first-order valence-corrected chi connectivity index (χ1v) is 3.54. The van der Waals surface area contributed by atoms with Crippen molar-refractivity contribution in [3.05, 3.63) is 40.7 Å². The van der Waals surface area contributed by atoms with Gasteiger partial charge < -0.3 is 0 Å². The minimum Gasteiger partial charge on any atom is -0.277 e. The molecule has 0 unspecified atom stereocenters. The fourth-order valence-electron chi connectivity index (χ4n) is 0.571. The second kappa shape index (κ2) is 3.91. The zero-order chi connectivity index (χ0) is 7.23. The normalized spacial score (nSPS) is 7.70. The Morgan fingerprint density at radius 2 is 2.00 bits per heavy atom. The molecular formula is C7H5BrN2. The van der Waals surface area contributed by atoms with E-state index in [2.05, 4.69) is 31.3 Å². The van der Waals surface area contributed by atoms with Crippen LogP contribution in [0.15, 0.2) is 30.3 Å². The lowest BCUT2D eigenvalue weighted by Crippen LogP contribution is -1.59. The molecule has 0 heterocycles. The van der Waals surface area contributed by atoms with E-state index in [0.29, 0.717) is 0 Å². The van der Waals surface area contributed by atoms with E-state index in [1.54, 1.807) is 0 Å². The summed E-state index contributed by atoms with van der Waals surface area (Å²) >= 11 is 2.90. The van der Waals surface area contributed by atoms with Crippen molar-refractivity contribution in [1.82, 2.24) is 0 Å². The Hall–Kier alpha value is -1.01. The molecule has 2 nitrogen and oxygen atoms in total. The van der Waals surface area contributed by atoms with Crippen molar-refractivity contribution < 1.29 is 0 Å². The molecule has 0 spiro atoms. The maximum Gasteiger partial charge on any atom is 0.352 e. The van der Waals surface area contributed by atoms with E-state index in [1.165, 1.54) is 0 Å². The summed E-state index contributed by atoms with van der Waals surface area (Å²) in [4.78, 5) is 5.92. The second-order valence-electron chi connectivity index (χ2n) is 1.62. The molecule has 0 aliphatic rings. The van der Waals surface area contributed by atoms with Crippen molar-refractivity contribution in [3.63, 3.8) is 0 Å². The lowest BCUT2D eigenvalue weighted by atomic mass is 10.3. The summed E-state index contributed by atoms with van der Waals surface area (Å²) in [5.41, 5.74) is 4.62. The van der Waals surface area contributed by atoms with E-state index in [4.69, 9.17) is 0 Å². The van der Waals surface area contributed by atoms with Crippen molar-refractivity contribution in [3.8, 4) is 4.98 Å². The largest absolute Gasteiger partial charge is 0.352 e. The Balaban J connectivity index is 2.64. The third-order valence-corrected chi connectivity index (χ3v) is 1.12. The van der Waals surface area contributed by atoms with Crippen LogP contribution in [0.5, 0.6) is 0 Å². The molecule has 50 valence electrons. The van der Waals surface area contributed by atoms with Gasteiger partial charge in [0.25, 0.3) is 0 Å². The van der Waals surface area contributed by atoms with Crippen molar-refractivity contribution in [2.75, 3.05) is 0 Å². The molecule has 1 aromatic carbocycles. The molecule has 0 fully saturated rings. The number of halogens is 1. The fourth-order valence-corrected chi connectivity index (χ4v) is 0.651. The number of hydrogen-bond donors (Lipinski definition) is 0. The summed E-state index contributed by atoms with van der Waals surface area (Å²) in [7, 11) is 0. The molecule has 0 radical (unpaired) electrons. The Bertz CT molecular complexity index is 247. The Kier molecular flexibility index (Phi) is 2.78. The van der Waals surface area contributed by atoms with Gasteiger partial charge in [-0.2, -0.15) is 0 Å². The number of benzene rings is 1. The Labute approximate surface area is 67.8 Å². The standard InChI is InChI=1S/C7H5BrN2/c8-6-9-10-7-4-2-1-3-5-7/h1-5H. The molecule has 0 aliphatic carbocycles. The van der Waals surface area contributed by atoms with Gasteiger partial charge in [-0.15, -0.1) is 0 Å². The fraction of sp³-hybridized carbons (Fsp3) is 0. The number of hydrogen-bond acceptors (Lipinski definition) is 0. The first-order valence-electron chi connectivity index (χ1n) is 2.75. The minimum absolute atomic E-state index is 0.828. The van der Waals surface area contributed by atoms with Crippen LogP contribution in [0.3, 0.4) is 0 Å². The molecular weight excluding hydrogens is 192 g/mol. The molecule has 0 amide bonds. The molecule has 1 rings (SSSR count). The summed E-state index contributed by atoms with van der Waals surface area (Å²) in [6.07, 6.45) is 0. The van der Waals surface area contributed by atoms with Gasteiger partial charge in [-0.1, -0.05) is 41.0 Å². The van der Waals surface area contributed by atoms with Crippen LogP contribution in [-0.4, -0.2) is 0 Å². The van der Waals surface area contributed by atoms with Crippen LogP contribution < -0.4 is 0 Å². The molecule has 0 bridgehead atoms. The SMILES string of the molecule is BrC#[N+][N-]c1ccccc1. The number of rotatable bonds is 1. The van der Waals surface area contributed by atoms with Crippen molar-refractivity contribution >= 4 is 21.6 Å². The van der Waals surface area contributed by atoms with Crippen LogP contribution >= 0.6 is 15.9 Å². The lowest BCUT2D eigenvalue weighted by molar-refractivity contribution is 1.67. The lowest BCUT2D eigenvalue weighted by Gasteiger charge is -1.97. The first kappa shape index (κ1) is 7.10. The van der Waals surface area contributed by atoms with Crippen LogP contribution in [0.2, 0.25) is 0 Å². The predicted molar refractivity (Wildman–Crippen MR) is 45.6 cm³/mol. The van der Waals surface area contributed by atoms with E-state index in [-0.39, 0.29) is 0 Å². The predicted octanol–water partition coefficient (Wildman–Crippen LogP) is 3.29.